The molecule has 6 nitrogen and oxygen atoms in total. The quantitative estimate of drug-likeness (QED) is 0.591. The van der Waals surface area contributed by atoms with Gasteiger partial charge in [0.25, 0.3) is 5.89 Å². The molecule has 0 amide bonds. The largest absolute Gasteiger partial charge is 0.421 e. The molecule has 0 saturated heterocycles. The molecule has 50 valence electrons. The molecule has 2 aromatic heterocycles. The van der Waals surface area contributed by atoms with Crippen molar-refractivity contribution in [1.29, 1.82) is 0 Å². The minimum atomic E-state index is 0.345. The van der Waals surface area contributed by atoms with Crippen LogP contribution in [-0.2, 0) is 0 Å². The topological polar surface area (TPSA) is 80.5 Å². The van der Waals surface area contributed by atoms with Crippen molar-refractivity contribution in [3.8, 4) is 11.7 Å². The summed E-state index contributed by atoms with van der Waals surface area (Å²) >= 11 is 0. The maximum Gasteiger partial charge on any atom is 0.285 e. The van der Waals surface area contributed by atoms with Crippen molar-refractivity contribution in [2.45, 2.75) is 0 Å². The van der Waals surface area contributed by atoms with Crippen LogP contribution in [0.5, 0.6) is 0 Å². The van der Waals surface area contributed by atoms with Gasteiger partial charge in [0.05, 0.1) is 0 Å². The van der Waals surface area contributed by atoms with Gasteiger partial charge in [-0.2, -0.15) is 5.10 Å². The van der Waals surface area contributed by atoms with Crippen LogP contribution in [0.2, 0.25) is 0 Å². The molecular formula is C4H3N5O. The number of nitrogens with zero attached hydrogens (tertiary/aromatic N) is 4. The highest BCUT2D eigenvalue weighted by Gasteiger charge is 2.03. The minimum Gasteiger partial charge on any atom is -0.421 e. The second-order valence-electron chi connectivity index (χ2n) is 1.58. The van der Waals surface area contributed by atoms with Gasteiger partial charge in [-0.3, -0.25) is 5.10 Å². The van der Waals surface area contributed by atoms with E-state index in [0.29, 0.717) is 11.7 Å². The lowest BCUT2D eigenvalue weighted by Crippen LogP contribution is -1.79. The molecule has 0 aliphatic rings. The standard InChI is InChI=1S/C4H3N5O/c1-5-3(8-6-1)4-9-7-2-10-4/h1-2H,(H,5,6,8). The molecule has 1 N–H and O–H groups in total. The van der Waals surface area contributed by atoms with E-state index in [2.05, 4.69) is 25.4 Å². The van der Waals surface area contributed by atoms with E-state index >= 15 is 0 Å². The summed E-state index contributed by atoms with van der Waals surface area (Å²) in [5, 5.41) is 13.3. The van der Waals surface area contributed by atoms with Crippen molar-refractivity contribution in [1.82, 2.24) is 25.4 Å². The molecule has 0 fully saturated rings. The van der Waals surface area contributed by atoms with Crippen LogP contribution in [-0.4, -0.2) is 25.4 Å². The van der Waals surface area contributed by atoms with Crippen LogP contribution in [0.4, 0.5) is 0 Å². The van der Waals surface area contributed by atoms with Crippen molar-refractivity contribution >= 4 is 0 Å². The average molecular weight is 137 g/mol. The molecule has 0 bridgehead atoms. The lowest BCUT2D eigenvalue weighted by Gasteiger charge is -1.79. The van der Waals surface area contributed by atoms with Crippen LogP contribution in [0.3, 0.4) is 0 Å². The van der Waals surface area contributed by atoms with Crippen molar-refractivity contribution in [3.05, 3.63) is 12.7 Å². The summed E-state index contributed by atoms with van der Waals surface area (Å²) < 4.78 is 4.82. The van der Waals surface area contributed by atoms with Gasteiger partial charge in [0.2, 0.25) is 12.2 Å². The zero-order valence-corrected chi connectivity index (χ0v) is 4.85. The third kappa shape index (κ3) is 0.661. The van der Waals surface area contributed by atoms with Gasteiger partial charge in [0.1, 0.15) is 6.33 Å². The Bertz CT molecular complexity index is 253. The van der Waals surface area contributed by atoms with Gasteiger partial charge in [-0.1, -0.05) is 0 Å². The van der Waals surface area contributed by atoms with E-state index in [0.717, 1.165) is 0 Å². The van der Waals surface area contributed by atoms with Crippen molar-refractivity contribution < 1.29 is 4.42 Å². The lowest BCUT2D eigenvalue weighted by molar-refractivity contribution is 0.564. The van der Waals surface area contributed by atoms with Gasteiger partial charge in [-0.15, -0.1) is 10.2 Å². The first kappa shape index (κ1) is 5.10. The maximum atomic E-state index is 4.82. The summed E-state index contributed by atoms with van der Waals surface area (Å²) in [5.41, 5.74) is 0. The second kappa shape index (κ2) is 1.90. The molecule has 0 spiro atoms. The molecule has 2 aromatic rings. The number of hydrogen-bond acceptors (Lipinski definition) is 5. The van der Waals surface area contributed by atoms with Gasteiger partial charge < -0.3 is 4.42 Å². The number of H-pyrrole nitrogens is 1. The molecule has 0 atom stereocenters. The summed E-state index contributed by atoms with van der Waals surface area (Å²) in [4.78, 5) is 3.80. The monoisotopic (exact) mass is 137 g/mol. The third-order valence-corrected chi connectivity index (χ3v) is 0.978. The number of nitrogens with one attached hydrogen (secondary N) is 1. The van der Waals surface area contributed by atoms with Gasteiger partial charge >= 0.3 is 0 Å². The summed E-state index contributed by atoms with van der Waals surface area (Å²) in [6, 6.07) is 0. The van der Waals surface area contributed by atoms with Gasteiger partial charge in [0, 0.05) is 0 Å². The van der Waals surface area contributed by atoms with E-state index in [9.17, 15) is 0 Å². The summed E-state index contributed by atoms with van der Waals surface area (Å²) in [6.07, 6.45) is 2.61. The Balaban J connectivity index is 2.48. The second-order valence-corrected chi connectivity index (χ2v) is 1.58. The molecule has 0 unspecified atom stereocenters. The first-order valence-corrected chi connectivity index (χ1v) is 2.59. The Morgan fingerprint density at radius 1 is 1.50 bits per heavy atom. The minimum absolute atomic E-state index is 0.345. The molecule has 0 saturated carbocycles. The normalized spacial score (nSPS) is 10.0. The number of rotatable bonds is 1. The number of hydrogen-bond donors (Lipinski definition) is 1. The molecule has 6 heteroatoms. The van der Waals surface area contributed by atoms with E-state index in [1.165, 1.54) is 12.7 Å². The van der Waals surface area contributed by atoms with E-state index in [-0.39, 0.29) is 0 Å². The molecule has 0 aliphatic carbocycles. The third-order valence-electron chi connectivity index (χ3n) is 0.978. The zero-order valence-electron chi connectivity index (χ0n) is 4.85. The van der Waals surface area contributed by atoms with Gasteiger partial charge in [0.15, 0.2) is 0 Å². The van der Waals surface area contributed by atoms with Crippen molar-refractivity contribution in [2.75, 3.05) is 0 Å². The molecule has 2 heterocycles. The highest BCUT2D eigenvalue weighted by atomic mass is 16.4. The predicted octanol–water partition coefficient (Wildman–Crippen LogP) is -0.145. The highest BCUT2D eigenvalue weighted by Crippen LogP contribution is 2.06. The van der Waals surface area contributed by atoms with E-state index in [4.69, 9.17) is 4.42 Å². The van der Waals surface area contributed by atoms with Crippen LogP contribution < -0.4 is 0 Å². The van der Waals surface area contributed by atoms with Crippen molar-refractivity contribution in [2.24, 2.45) is 0 Å². The molecule has 0 radical (unpaired) electrons. The Morgan fingerprint density at radius 2 is 2.50 bits per heavy atom. The Morgan fingerprint density at radius 3 is 3.10 bits per heavy atom. The first-order chi connectivity index (χ1) is 4.97. The molecule has 0 aliphatic heterocycles. The fourth-order valence-electron chi connectivity index (χ4n) is 0.585. The summed E-state index contributed by atoms with van der Waals surface area (Å²) in [7, 11) is 0. The Kier molecular flexibility index (Phi) is 0.970. The lowest BCUT2D eigenvalue weighted by atomic mass is 10.6. The molecule has 2 rings (SSSR count). The van der Waals surface area contributed by atoms with Crippen LogP contribution >= 0.6 is 0 Å². The fraction of sp³-hybridized carbons (Fsp3) is 0. The highest BCUT2D eigenvalue weighted by molar-refractivity contribution is 5.36. The van der Waals surface area contributed by atoms with Gasteiger partial charge in [-0.25, -0.2) is 4.98 Å². The Hall–Kier alpha value is -1.72. The molecule has 10 heavy (non-hydrogen) atoms. The number of aromatic amines is 1. The van der Waals surface area contributed by atoms with Crippen LogP contribution in [0.15, 0.2) is 17.1 Å². The maximum absolute atomic E-state index is 4.82. The SMILES string of the molecule is c1n[nH]c(-c2nnco2)n1. The van der Waals surface area contributed by atoms with E-state index in [1.54, 1.807) is 0 Å². The van der Waals surface area contributed by atoms with Gasteiger partial charge in [-0.05, 0) is 0 Å². The first-order valence-electron chi connectivity index (χ1n) is 2.59. The number of aromatic nitrogens is 5. The summed E-state index contributed by atoms with van der Waals surface area (Å²) in [6.45, 7) is 0. The van der Waals surface area contributed by atoms with Crippen molar-refractivity contribution in [3.63, 3.8) is 0 Å². The predicted molar refractivity (Wildman–Crippen MR) is 29.7 cm³/mol. The van der Waals surface area contributed by atoms with E-state index < -0.39 is 0 Å². The smallest absolute Gasteiger partial charge is 0.285 e. The fourth-order valence-corrected chi connectivity index (χ4v) is 0.585. The average Bonchev–Trinajstić information content (AvgIpc) is 2.59. The van der Waals surface area contributed by atoms with E-state index in [1.807, 2.05) is 0 Å². The van der Waals surface area contributed by atoms with Crippen LogP contribution in [0.1, 0.15) is 0 Å². The summed E-state index contributed by atoms with van der Waals surface area (Å²) in [5.74, 6) is 0.829. The van der Waals surface area contributed by atoms with Crippen LogP contribution in [0.25, 0.3) is 11.7 Å². The molecule has 0 aromatic carbocycles. The molecular weight excluding hydrogens is 134 g/mol. The Labute approximate surface area is 55.3 Å². The van der Waals surface area contributed by atoms with Crippen LogP contribution in [0, 0.1) is 0 Å². The zero-order chi connectivity index (χ0) is 6.81.